The van der Waals surface area contributed by atoms with E-state index in [0.29, 0.717) is 0 Å². The summed E-state index contributed by atoms with van der Waals surface area (Å²) in [6.45, 7) is 7.98. The molecule has 25 heavy (non-hydrogen) atoms. The molecule has 0 atom stereocenters. The third-order valence-corrected chi connectivity index (χ3v) is 5.62. The fourth-order valence-electron chi connectivity index (χ4n) is 4.20. The Hall–Kier alpha value is -1.51. The lowest BCUT2D eigenvalue weighted by atomic mass is 9.93. The maximum absolute atomic E-state index is 5.04. The molecule has 0 bridgehead atoms. The van der Waals surface area contributed by atoms with Crippen LogP contribution in [0.25, 0.3) is 11.0 Å². The van der Waals surface area contributed by atoms with Gasteiger partial charge < -0.3 is 9.88 Å². The highest BCUT2D eigenvalue weighted by Gasteiger charge is 2.24. The summed E-state index contributed by atoms with van der Waals surface area (Å²) in [6.07, 6.45) is 11.2. The molecule has 138 valence electrons. The Morgan fingerprint density at radius 3 is 2.28 bits per heavy atom. The van der Waals surface area contributed by atoms with Crippen LogP contribution in [0.4, 0.5) is 5.69 Å². The molecule has 2 aromatic rings. The SMILES string of the molecule is CNc1ccc2c(c1)nc(C(C)(C)C)n2CC1CCCCCCCC1. The first-order valence-corrected chi connectivity index (χ1v) is 10.2. The number of aromatic nitrogens is 2. The molecule has 3 heteroatoms. The highest BCUT2D eigenvalue weighted by atomic mass is 15.1. The predicted molar refractivity (Wildman–Crippen MR) is 108 cm³/mol. The van der Waals surface area contributed by atoms with Gasteiger partial charge in [-0.2, -0.15) is 0 Å². The lowest BCUT2D eigenvalue weighted by molar-refractivity contribution is 0.360. The third kappa shape index (κ3) is 4.37. The number of fused-ring (bicyclic) bond motifs is 1. The second-order valence-electron chi connectivity index (χ2n) is 8.81. The van der Waals surface area contributed by atoms with Crippen LogP contribution in [-0.4, -0.2) is 16.6 Å². The molecule has 1 aromatic carbocycles. The quantitative estimate of drug-likeness (QED) is 0.728. The van der Waals surface area contributed by atoms with Gasteiger partial charge in [-0.15, -0.1) is 0 Å². The molecule has 1 aliphatic rings. The third-order valence-electron chi connectivity index (χ3n) is 5.62. The lowest BCUT2D eigenvalue weighted by Crippen LogP contribution is -2.22. The van der Waals surface area contributed by atoms with E-state index >= 15 is 0 Å². The second kappa shape index (κ2) is 7.80. The van der Waals surface area contributed by atoms with Gasteiger partial charge in [0.1, 0.15) is 5.82 Å². The van der Waals surface area contributed by atoms with Crippen LogP contribution in [0.3, 0.4) is 0 Å². The molecule has 1 aromatic heterocycles. The lowest BCUT2D eigenvalue weighted by Gasteiger charge is -2.24. The normalized spacial score (nSPS) is 17.9. The van der Waals surface area contributed by atoms with E-state index in [1.54, 1.807) is 0 Å². The van der Waals surface area contributed by atoms with Crippen molar-refractivity contribution in [3.05, 3.63) is 24.0 Å². The van der Waals surface area contributed by atoms with E-state index in [0.717, 1.165) is 23.7 Å². The Kier molecular flexibility index (Phi) is 5.71. The van der Waals surface area contributed by atoms with Crippen molar-refractivity contribution in [2.45, 2.75) is 84.1 Å². The van der Waals surface area contributed by atoms with Gasteiger partial charge in [0.15, 0.2) is 0 Å². The molecular weight excluding hydrogens is 306 g/mol. The fraction of sp³-hybridized carbons (Fsp3) is 0.682. The average Bonchev–Trinajstić information content (AvgIpc) is 2.99. The first-order valence-electron chi connectivity index (χ1n) is 10.2. The van der Waals surface area contributed by atoms with Crippen LogP contribution >= 0.6 is 0 Å². The van der Waals surface area contributed by atoms with Crippen molar-refractivity contribution in [2.75, 3.05) is 12.4 Å². The molecule has 1 heterocycles. The molecule has 0 saturated heterocycles. The molecule has 0 aliphatic heterocycles. The minimum atomic E-state index is 0.0668. The summed E-state index contributed by atoms with van der Waals surface area (Å²) in [5.41, 5.74) is 3.63. The fourth-order valence-corrected chi connectivity index (χ4v) is 4.20. The number of nitrogens with one attached hydrogen (secondary N) is 1. The summed E-state index contributed by atoms with van der Waals surface area (Å²) in [4.78, 5) is 5.04. The zero-order chi connectivity index (χ0) is 17.9. The van der Waals surface area contributed by atoms with Crippen molar-refractivity contribution in [1.29, 1.82) is 0 Å². The van der Waals surface area contributed by atoms with E-state index < -0.39 is 0 Å². The summed E-state index contributed by atoms with van der Waals surface area (Å²) < 4.78 is 2.53. The molecule has 0 unspecified atom stereocenters. The zero-order valence-electron chi connectivity index (χ0n) is 16.6. The Morgan fingerprint density at radius 2 is 1.68 bits per heavy atom. The van der Waals surface area contributed by atoms with Crippen LogP contribution in [0.5, 0.6) is 0 Å². The van der Waals surface area contributed by atoms with Crippen LogP contribution < -0.4 is 5.32 Å². The highest BCUT2D eigenvalue weighted by Crippen LogP contribution is 2.31. The Morgan fingerprint density at radius 1 is 1.04 bits per heavy atom. The molecule has 3 rings (SSSR count). The van der Waals surface area contributed by atoms with Crippen molar-refractivity contribution in [2.24, 2.45) is 5.92 Å². The minimum Gasteiger partial charge on any atom is -0.388 e. The van der Waals surface area contributed by atoms with Gasteiger partial charge in [-0.05, 0) is 37.0 Å². The number of anilines is 1. The molecule has 1 saturated carbocycles. The summed E-state index contributed by atoms with van der Waals surface area (Å²) in [5.74, 6) is 2.02. The topological polar surface area (TPSA) is 29.9 Å². The number of imidazole rings is 1. The van der Waals surface area contributed by atoms with E-state index in [9.17, 15) is 0 Å². The summed E-state index contributed by atoms with van der Waals surface area (Å²) >= 11 is 0. The second-order valence-corrected chi connectivity index (χ2v) is 8.81. The van der Waals surface area contributed by atoms with Gasteiger partial charge in [0.25, 0.3) is 0 Å². The Balaban J connectivity index is 1.94. The van der Waals surface area contributed by atoms with Crippen molar-refractivity contribution >= 4 is 16.7 Å². The maximum atomic E-state index is 5.04. The van der Waals surface area contributed by atoms with E-state index in [4.69, 9.17) is 4.98 Å². The Bertz CT molecular complexity index is 683. The van der Waals surface area contributed by atoms with E-state index in [-0.39, 0.29) is 5.41 Å². The number of rotatable bonds is 3. The van der Waals surface area contributed by atoms with Gasteiger partial charge >= 0.3 is 0 Å². The molecule has 0 radical (unpaired) electrons. The van der Waals surface area contributed by atoms with Crippen molar-refractivity contribution in [1.82, 2.24) is 9.55 Å². The largest absolute Gasteiger partial charge is 0.388 e. The van der Waals surface area contributed by atoms with Gasteiger partial charge in [0.05, 0.1) is 11.0 Å². The summed E-state index contributed by atoms with van der Waals surface area (Å²) in [5, 5.41) is 3.24. The molecule has 1 N–H and O–H groups in total. The number of hydrogen-bond acceptors (Lipinski definition) is 2. The standard InChI is InChI=1S/C22H35N3/c1-22(2,3)21-24-19-15-18(23-4)13-14-20(19)25(21)16-17-11-9-7-5-6-8-10-12-17/h13-15,17,23H,5-12,16H2,1-4H3. The number of hydrogen-bond donors (Lipinski definition) is 1. The van der Waals surface area contributed by atoms with Crippen molar-refractivity contribution in [3.8, 4) is 0 Å². The van der Waals surface area contributed by atoms with E-state index in [1.165, 1.54) is 62.7 Å². The first-order chi connectivity index (χ1) is 12.0. The van der Waals surface area contributed by atoms with Gasteiger partial charge in [-0.1, -0.05) is 59.3 Å². The maximum Gasteiger partial charge on any atom is 0.115 e. The molecule has 3 nitrogen and oxygen atoms in total. The van der Waals surface area contributed by atoms with Crippen LogP contribution in [0.2, 0.25) is 0 Å². The predicted octanol–water partition coefficient (Wildman–Crippen LogP) is 6.13. The molecular formula is C22H35N3. The van der Waals surface area contributed by atoms with Crippen molar-refractivity contribution < 1.29 is 0 Å². The number of benzene rings is 1. The molecule has 0 spiro atoms. The van der Waals surface area contributed by atoms with Crippen LogP contribution in [-0.2, 0) is 12.0 Å². The van der Waals surface area contributed by atoms with E-state index in [1.807, 2.05) is 7.05 Å². The smallest absolute Gasteiger partial charge is 0.115 e. The van der Waals surface area contributed by atoms with Gasteiger partial charge in [0, 0.05) is 24.7 Å². The summed E-state index contributed by atoms with van der Waals surface area (Å²) in [6, 6.07) is 6.61. The van der Waals surface area contributed by atoms with Gasteiger partial charge in [-0.25, -0.2) is 4.98 Å². The monoisotopic (exact) mass is 341 g/mol. The molecule has 0 amide bonds. The van der Waals surface area contributed by atoms with Crippen LogP contribution in [0.1, 0.15) is 78.0 Å². The van der Waals surface area contributed by atoms with Crippen LogP contribution in [0.15, 0.2) is 18.2 Å². The van der Waals surface area contributed by atoms with Crippen molar-refractivity contribution in [3.63, 3.8) is 0 Å². The minimum absolute atomic E-state index is 0.0668. The van der Waals surface area contributed by atoms with Gasteiger partial charge in [0.2, 0.25) is 0 Å². The summed E-state index contributed by atoms with van der Waals surface area (Å²) in [7, 11) is 1.97. The highest BCUT2D eigenvalue weighted by molar-refractivity contribution is 5.80. The molecule has 1 fully saturated rings. The van der Waals surface area contributed by atoms with Gasteiger partial charge in [-0.3, -0.25) is 0 Å². The first kappa shape index (κ1) is 18.3. The molecule has 1 aliphatic carbocycles. The average molecular weight is 342 g/mol. The Labute approximate surface area is 153 Å². The zero-order valence-corrected chi connectivity index (χ0v) is 16.6. The number of nitrogens with zero attached hydrogens (tertiary/aromatic N) is 2. The van der Waals surface area contributed by atoms with Crippen LogP contribution in [0, 0.1) is 5.92 Å². The van der Waals surface area contributed by atoms with E-state index in [2.05, 4.69) is 48.9 Å².